The lowest BCUT2D eigenvalue weighted by Gasteiger charge is -1.89. The normalized spacial score (nSPS) is 12.5. The molecule has 0 aliphatic heterocycles. The van der Waals surface area contributed by atoms with Crippen LogP contribution in [0.4, 0.5) is 0 Å². The van der Waals surface area contributed by atoms with Crippen LogP contribution in [0.5, 0.6) is 0 Å². The van der Waals surface area contributed by atoms with E-state index in [2.05, 4.69) is 19.6 Å². The Hall–Kier alpha value is 0.737. The van der Waals surface area contributed by atoms with E-state index < -0.39 is 7.74 Å². The topological polar surface area (TPSA) is 0 Å². The van der Waals surface area contributed by atoms with Gasteiger partial charge in [0.15, 0.2) is 0 Å². The average Bonchev–Trinajstić information content (AvgIpc) is 1.35. The second-order valence-electron chi connectivity index (χ2n) is 2.35. The molecule has 0 aromatic heterocycles. The third-order valence-corrected chi connectivity index (χ3v) is 8.27. The summed E-state index contributed by atoms with van der Waals surface area (Å²) in [5, 5.41) is 0. The van der Waals surface area contributed by atoms with Gasteiger partial charge in [-0.05, 0) is 19.6 Å². The highest BCUT2D eigenvalue weighted by atomic mass is 32.5. The standard InChI is InChI=1S/C3H9PSSi/c1-6(2,3)4-5/h1-3H3/p+1. The van der Waals surface area contributed by atoms with Crippen molar-refractivity contribution in [3.63, 3.8) is 0 Å². The Morgan fingerprint density at radius 3 is 1.50 bits per heavy atom. The first-order chi connectivity index (χ1) is 2.56. The SMILES string of the molecule is C[Si](C)(C)[PH+]=S. The molecule has 0 nitrogen and oxygen atoms in total. The molecule has 0 bridgehead atoms. The second kappa shape index (κ2) is 2.15. The van der Waals surface area contributed by atoms with Gasteiger partial charge in [0.2, 0.25) is 0 Å². The van der Waals surface area contributed by atoms with Gasteiger partial charge in [-0.2, -0.15) is 0 Å². The van der Waals surface area contributed by atoms with Crippen LogP contribution in [0.2, 0.25) is 19.6 Å². The van der Waals surface area contributed by atoms with E-state index in [1.165, 1.54) is 0 Å². The molecule has 0 saturated heterocycles. The molecule has 3 heteroatoms. The van der Waals surface area contributed by atoms with Crippen molar-refractivity contribution in [2.24, 2.45) is 0 Å². The maximum absolute atomic E-state index is 4.88. The van der Waals surface area contributed by atoms with Crippen LogP contribution in [0.1, 0.15) is 0 Å². The molecule has 0 aliphatic carbocycles. The maximum Gasteiger partial charge on any atom is 0.291 e. The highest BCUT2D eigenvalue weighted by Crippen LogP contribution is 2.14. The molecule has 1 atom stereocenters. The van der Waals surface area contributed by atoms with Crippen molar-refractivity contribution < 1.29 is 0 Å². The summed E-state index contributed by atoms with van der Waals surface area (Å²) in [4.78, 5) is 0. The van der Waals surface area contributed by atoms with Crippen LogP contribution in [-0.4, -0.2) is 7.74 Å². The van der Waals surface area contributed by atoms with Crippen molar-refractivity contribution in [3.05, 3.63) is 0 Å². The molecule has 0 aliphatic rings. The van der Waals surface area contributed by atoms with Crippen molar-refractivity contribution in [3.8, 4) is 0 Å². The second-order valence-corrected chi connectivity index (χ2v) is 14.0. The van der Waals surface area contributed by atoms with E-state index in [-0.39, 0.29) is 0 Å². The van der Waals surface area contributed by atoms with Gasteiger partial charge in [-0.15, -0.1) is 0 Å². The van der Waals surface area contributed by atoms with Crippen LogP contribution < -0.4 is 0 Å². The van der Waals surface area contributed by atoms with Crippen molar-refractivity contribution in [1.29, 1.82) is 0 Å². The summed E-state index contributed by atoms with van der Waals surface area (Å²) in [7, 11) is -0.789. The van der Waals surface area contributed by atoms with Crippen LogP contribution in [0.25, 0.3) is 0 Å². The maximum atomic E-state index is 4.88. The van der Waals surface area contributed by atoms with Gasteiger partial charge in [0.1, 0.15) is 18.7 Å². The summed E-state index contributed by atoms with van der Waals surface area (Å²) in [6.07, 6.45) is 0. The summed E-state index contributed by atoms with van der Waals surface area (Å²) in [6.45, 7) is 7.66. The minimum Gasteiger partial charge on any atom is -0.0277 e. The van der Waals surface area contributed by atoms with Gasteiger partial charge in [0.25, 0.3) is 7.74 Å². The predicted octanol–water partition coefficient (Wildman–Crippen LogP) is 1.96. The Morgan fingerprint density at radius 1 is 1.33 bits per heavy atom. The predicted molar refractivity (Wildman–Crippen MR) is 39.0 cm³/mol. The molecular weight excluding hydrogens is 127 g/mol. The number of hydrogen-bond acceptors (Lipinski definition) is 1. The Bertz CT molecular complexity index is 56.3. The van der Waals surface area contributed by atoms with E-state index in [0.717, 1.165) is 6.90 Å². The quantitative estimate of drug-likeness (QED) is 0.393. The van der Waals surface area contributed by atoms with Crippen LogP contribution in [0, 0.1) is 0 Å². The minimum atomic E-state index is -0.789. The molecule has 1 unspecified atom stereocenters. The molecule has 0 fully saturated rings. The molecule has 36 valence electrons. The molecule has 6 heavy (non-hydrogen) atoms. The zero-order valence-corrected chi connectivity index (χ0v) is 7.22. The first kappa shape index (κ1) is 6.74. The number of rotatable bonds is 1. The lowest BCUT2D eigenvalue weighted by molar-refractivity contribution is 1.88. The molecule has 0 amide bonds. The highest BCUT2D eigenvalue weighted by Gasteiger charge is 2.19. The molecule has 0 N–H and O–H groups in total. The van der Waals surface area contributed by atoms with E-state index in [1.54, 1.807) is 0 Å². The lowest BCUT2D eigenvalue weighted by atomic mass is 11.8. The van der Waals surface area contributed by atoms with E-state index in [0.29, 0.717) is 0 Å². The van der Waals surface area contributed by atoms with Gasteiger partial charge in [-0.1, -0.05) is 0 Å². The van der Waals surface area contributed by atoms with E-state index in [1.807, 2.05) is 0 Å². The third-order valence-electron chi connectivity index (χ3n) is 0.306. The van der Waals surface area contributed by atoms with Crippen molar-refractivity contribution in [2.45, 2.75) is 19.6 Å². The molecule has 0 saturated carbocycles. The zero-order chi connectivity index (χ0) is 5.21. The third kappa shape index (κ3) is 4.74. The van der Waals surface area contributed by atoms with E-state index in [9.17, 15) is 0 Å². The summed E-state index contributed by atoms with van der Waals surface area (Å²) in [6, 6.07) is 0. The number of hydrogen-bond donors (Lipinski definition) is 0. The van der Waals surface area contributed by atoms with Crippen LogP contribution in [0.15, 0.2) is 0 Å². The monoisotopic (exact) mass is 137 g/mol. The van der Waals surface area contributed by atoms with Crippen LogP contribution in [0.3, 0.4) is 0 Å². The van der Waals surface area contributed by atoms with Gasteiger partial charge < -0.3 is 0 Å². The van der Waals surface area contributed by atoms with Crippen molar-refractivity contribution in [1.82, 2.24) is 0 Å². The van der Waals surface area contributed by atoms with Gasteiger partial charge in [0.05, 0.1) is 0 Å². The Morgan fingerprint density at radius 2 is 1.50 bits per heavy atom. The molecule has 0 aromatic carbocycles. The zero-order valence-electron chi connectivity index (χ0n) is 4.41. The molecule has 0 heterocycles. The minimum absolute atomic E-state index is 0.789. The summed E-state index contributed by atoms with van der Waals surface area (Å²) < 4.78 is 0. The molecule has 0 spiro atoms. The average molecular weight is 137 g/mol. The lowest BCUT2D eigenvalue weighted by Crippen LogP contribution is -2.07. The Balaban J connectivity index is 3.45. The van der Waals surface area contributed by atoms with Crippen molar-refractivity contribution in [2.75, 3.05) is 0 Å². The highest BCUT2D eigenvalue weighted by molar-refractivity contribution is 8.13. The first-order valence-electron chi connectivity index (χ1n) is 1.95. The van der Waals surface area contributed by atoms with E-state index in [4.69, 9.17) is 11.8 Å². The molecule has 0 radical (unpaired) electrons. The van der Waals surface area contributed by atoms with Gasteiger partial charge in [-0.25, -0.2) is 0 Å². The molecule has 0 rings (SSSR count). The fourth-order valence-corrected chi connectivity index (χ4v) is 0. The summed E-state index contributed by atoms with van der Waals surface area (Å²) in [5.41, 5.74) is 0. The molecule has 0 aromatic rings. The van der Waals surface area contributed by atoms with Gasteiger partial charge in [-0.3, -0.25) is 0 Å². The first-order valence-corrected chi connectivity index (χ1v) is 8.59. The molecular formula is C3H10PSSi+. The van der Waals surface area contributed by atoms with Gasteiger partial charge in [0, 0.05) is 0 Å². The van der Waals surface area contributed by atoms with Crippen LogP contribution >= 0.6 is 6.90 Å². The van der Waals surface area contributed by atoms with Crippen molar-refractivity contribution >= 4 is 26.5 Å². The fourth-order valence-electron chi connectivity index (χ4n) is 0. The van der Waals surface area contributed by atoms with Crippen LogP contribution in [-0.2, 0) is 11.8 Å². The smallest absolute Gasteiger partial charge is 0.0277 e. The fraction of sp³-hybridized carbons (Fsp3) is 1.00. The summed E-state index contributed by atoms with van der Waals surface area (Å²) in [5.74, 6) is 0. The van der Waals surface area contributed by atoms with Gasteiger partial charge >= 0.3 is 0 Å². The van der Waals surface area contributed by atoms with E-state index >= 15 is 0 Å². The Kier molecular flexibility index (Phi) is 2.41. The summed E-state index contributed by atoms with van der Waals surface area (Å²) >= 11 is 4.88. The largest absolute Gasteiger partial charge is 0.291 e. The Labute approximate surface area is 46.7 Å².